The van der Waals surface area contributed by atoms with Crippen LogP contribution in [0.5, 0.6) is 0 Å². The van der Waals surface area contributed by atoms with Gasteiger partial charge in [0.25, 0.3) is 0 Å². The molecular weight excluding hydrogens is 286 g/mol. The first-order chi connectivity index (χ1) is 10.8. The summed E-state index contributed by atoms with van der Waals surface area (Å²) in [5, 5.41) is 10.1. The average molecular weight is 326 g/mol. The summed E-state index contributed by atoms with van der Waals surface area (Å²) in [5.74, 6) is -0.0943. The van der Waals surface area contributed by atoms with Gasteiger partial charge in [0.1, 0.15) is 0 Å². The topological polar surface area (TPSA) is 53.2 Å². The van der Waals surface area contributed by atoms with E-state index in [0.29, 0.717) is 6.54 Å². The second-order valence-corrected chi connectivity index (χ2v) is 7.38. The van der Waals surface area contributed by atoms with E-state index in [4.69, 9.17) is 0 Å². The van der Waals surface area contributed by atoms with Crippen LogP contribution >= 0.6 is 0 Å². The third-order valence-corrected chi connectivity index (χ3v) is 4.94. The minimum Gasteiger partial charge on any atom is -0.352 e. The van der Waals surface area contributed by atoms with Crippen molar-refractivity contribution in [3.8, 4) is 0 Å². The molecule has 23 heavy (non-hydrogen) atoms. The van der Waals surface area contributed by atoms with Gasteiger partial charge in [-0.3, -0.25) is 4.79 Å². The molecule has 0 spiro atoms. The zero-order valence-electron chi connectivity index (χ0n) is 16.1. The number of carbonyl (C=O) groups excluding carboxylic acids is 1. The van der Waals surface area contributed by atoms with Crippen LogP contribution in [-0.2, 0) is 4.79 Å². The van der Waals surface area contributed by atoms with E-state index < -0.39 is 0 Å². The summed E-state index contributed by atoms with van der Waals surface area (Å²) < 4.78 is 0. The SMILES string of the molecule is C=CC(=O)NCC(C)(CC)CNCC(C)(CC)CNCCCC. The summed E-state index contributed by atoms with van der Waals surface area (Å²) in [5.41, 5.74) is 0.343. The van der Waals surface area contributed by atoms with Crippen LogP contribution in [0, 0.1) is 10.8 Å². The number of hydrogen-bond acceptors (Lipinski definition) is 3. The van der Waals surface area contributed by atoms with Crippen LogP contribution in [-0.4, -0.2) is 38.6 Å². The van der Waals surface area contributed by atoms with E-state index in [1.54, 1.807) is 0 Å². The average Bonchev–Trinajstić information content (AvgIpc) is 2.56. The maximum absolute atomic E-state index is 11.4. The highest BCUT2D eigenvalue weighted by molar-refractivity contribution is 5.86. The maximum atomic E-state index is 11.4. The Labute approximate surface area is 143 Å². The highest BCUT2D eigenvalue weighted by Crippen LogP contribution is 2.22. The molecule has 0 fully saturated rings. The number of carbonyl (C=O) groups is 1. The molecule has 0 aliphatic heterocycles. The van der Waals surface area contributed by atoms with E-state index in [1.165, 1.54) is 18.9 Å². The van der Waals surface area contributed by atoms with Crippen molar-refractivity contribution in [2.75, 3.05) is 32.7 Å². The lowest BCUT2D eigenvalue weighted by Gasteiger charge is -2.33. The zero-order chi connectivity index (χ0) is 17.8. The summed E-state index contributed by atoms with van der Waals surface area (Å²) in [6, 6.07) is 0. The van der Waals surface area contributed by atoms with E-state index in [-0.39, 0.29) is 16.7 Å². The molecule has 0 saturated heterocycles. The minimum atomic E-state index is -0.0943. The van der Waals surface area contributed by atoms with Crippen molar-refractivity contribution in [2.24, 2.45) is 10.8 Å². The van der Waals surface area contributed by atoms with Crippen molar-refractivity contribution in [2.45, 2.75) is 60.3 Å². The van der Waals surface area contributed by atoms with Crippen LogP contribution in [0.3, 0.4) is 0 Å². The number of rotatable bonds is 14. The normalized spacial score (nSPS) is 16.4. The van der Waals surface area contributed by atoms with Crippen molar-refractivity contribution in [3.63, 3.8) is 0 Å². The van der Waals surface area contributed by atoms with Gasteiger partial charge >= 0.3 is 0 Å². The summed E-state index contributed by atoms with van der Waals surface area (Å²) in [6.07, 6.45) is 5.98. The molecule has 2 atom stereocenters. The highest BCUT2D eigenvalue weighted by atomic mass is 16.1. The molecule has 136 valence electrons. The van der Waals surface area contributed by atoms with Crippen molar-refractivity contribution in [3.05, 3.63) is 12.7 Å². The Hall–Kier alpha value is -0.870. The summed E-state index contributed by atoms with van der Waals surface area (Å²) in [6.45, 7) is 19.4. The standard InChI is InChI=1S/C19H39N3O/c1-7-11-12-20-13-18(5,9-3)14-21-15-19(6,10-4)16-22-17(23)8-2/h8,20-21H,2,7,9-16H2,1,3-6H3,(H,22,23). The maximum Gasteiger partial charge on any atom is 0.243 e. The van der Waals surface area contributed by atoms with Crippen molar-refractivity contribution in [1.29, 1.82) is 0 Å². The first-order valence-corrected chi connectivity index (χ1v) is 9.16. The van der Waals surface area contributed by atoms with Crippen LogP contribution in [0.25, 0.3) is 0 Å². The molecule has 0 aliphatic carbocycles. The van der Waals surface area contributed by atoms with Gasteiger partial charge in [-0.25, -0.2) is 0 Å². The summed E-state index contributed by atoms with van der Waals surface area (Å²) >= 11 is 0. The van der Waals surface area contributed by atoms with Crippen molar-refractivity contribution in [1.82, 2.24) is 16.0 Å². The summed E-state index contributed by atoms with van der Waals surface area (Å²) in [7, 11) is 0. The fraction of sp³-hybridized carbons (Fsp3) is 0.842. The molecule has 4 nitrogen and oxygen atoms in total. The number of hydrogen-bond donors (Lipinski definition) is 3. The Balaban J connectivity index is 4.27. The third-order valence-electron chi connectivity index (χ3n) is 4.94. The van der Waals surface area contributed by atoms with Crippen molar-refractivity contribution < 1.29 is 4.79 Å². The molecule has 0 aromatic carbocycles. The van der Waals surface area contributed by atoms with Crippen LogP contribution in [0.4, 0.5) is 0 Å². The van der Waals surface area contributed by atoms with Crippen LogP contribution in [0.1, 0.15) is 60.3 Å². The monoisotopic (exact) mass is 325 g/mol. The van der Waals surface area contributed by atoms with Gasteiger partial charge in [0.2, 0.25) is 5.91 Å². The molecule has 0 aromatic heterocycles. The molecule has 1 amide bonds. The smallest absolute Gasteiger partial charge is 0.243 e. The van der Waals surface area contributed by atoms with E-state index in [2.05, 4.69) is 57.1 Å². The quantitative estimate of drug-likeness (QED) is 0.340. The van der Waals surface area contributed by atoms with Gasteiger partial charge in [0.05, 0.1) is 0 Å². The Morgan fingerprint density at radius 3 is 1.96 bits per heavy atom. The molecule has 0 bridgehead atoms. The molecule has 3 N–H and O–H groups in total. The third kappa shape index (κ3) is 9.77. The highest BCUT2D eigenvalue weighted by Gasteiger charge is 2.25. The van der Waals surface area contributed by atoms with Gasteiger partial charge < -0.3 is 16.0 Å². The second-order valence-electron chi connectivity index (χ2n) is 7.38. The van der Waals surface area contributed by atoms with Gasteiger partial charge in [-0.1, -0.05) is 47.6 Å². The van der Waals surface area contributed by atoms with E-state index in [1.807, 2.05) is 0 Å². The zero-order valence-corrected chi connectivity index (χ0v) is 16.1. The molecule has 0 rings (SSSR count). The van der Waals surface area contributed by atoms with E-state index in [9.17, 15) is 4.79 Å². The Kier molecular flexibility index (Phi) is 11.2. The summed E-state index contributed by atoms with van der Waals surface area (Å²) in [4.78, 5) is 11.4. The lowest BCUT2D eigenvalue weighted by Crippen LogP contribution is -2.46. The Morgan fingerprint density at radius 1 is 0.957 bits per heavy atom. The lowest BCUT2D eigenvalue weighted by molar-refractivity contribution is -0.116. The predicted molar refractivity (Wildman–Crippen MR) is 101 cm³/mol. The van der Waals surface area contributed by atoms with E-state index >= 15 is 0 Å². The van der Waals surface area contributed by atoms with E-state index in [0.717, 1.165) is 39.0 Å². The minimum absolute atomic E-state index is 0.0724. The molecule has 0 saturated carbocycles. The molecule has 0 aliphatic rings. The fourth-order valence-corrected chi connectivity index (χ4v) is 2.36. The largest absolute Gasteiger partial charge is 0.352 e. The van der Waals surface area contributed by atoms with Gasteiger partial charge in [0, 0.05) is 26.2 Å². The van der Waals surface area contributed by atoms with Gasteiger partial charge in [0.15, 0.2) is 0 Å². The van der Waals surface area contributed by atoms with Crippen LogP contribution in [0.15, 0.2) is 12.7 Å². The molecular formula is C19H39N3O. The molecule has 2 unspecified atom stereocenters. The first-order valence-electron chi connectivity index (χ1n) is 9.16. The number of unbranched alkanes of at least 4 members (excludes halogenated alkanes) is 1. The second kappa shape index (κ2) is 11.6. The molecule has 0 heterocycles. The van der Waals surface area contributed by atoms with Gasteiger partial charge in [-0.2, -0.15) is 0 Å². The predicted octanol–water partition coefficient (Wildman–Crippen LogP) is 3.10. The number of nitrogens with one attached hydrogen (secondary N) is 3. The van der Waals surface area contributed by atoms with Crippen LogP contribution < -0.4 is 16.0 Å². The van der Waals surface area contributed by atoms with Gasteiger partial charge in [-0.15, -0.1) is 0 Å². The number of amides is 1. The molecule has 0 aromatic rings. The fourth-order valence-electron chi connectivity index (χ4n) is 2.36. The lowest BCUT2D eigenvalue weighted by atomic mass is 9.84. The van der Waals surface area contributed by atoms with Gasteiger partial charge in [-0.05, 0) is 42.7 Å². The molecule has 4 heteroatoms. The van der Waals surface area contributed by atoms with Crippen molar-refractivity contribution >= 4 is 5.91 Å². The molecule has 0 radical (unpaired) electrons. The Bertz CT molecular complexity index is 346. The Morgan fingerprint density at radius 2 is 1.48 bits per heavy atom. The van der Waals surface area contributed by atoms with Crippen LogP contribution in [0.2, 0.25) is 0 Å². The first kappa shape index (κ1) is 22.1.